The highest BCUT2D eigenvalue weighted by atomic mass is 31.2. The molecule has 3 fully saturated rings. The Bertz CT molecular complexity index is 777. The van der Waals surface area contributed by atoms with Gasteiger partial charge in [-0.25, -0.2) is 0 Å². The molecule has 0 aromatic heterocycles. The van der Waals surface area contributed by atoms with Crippen LogP contribution in [0.5, 0.6) is 11.5 Å². The van der Waals surface area contributed by atoms with E-state index >= 15 is 0 Å². The Kier molecular flexibility index (Phi) is 5.17. The minimum absolute atomic E-state index is 0.0637. The van der Waals surface area contributed by atoms with Crippen LogP contribution in [0.15, 0.2) is 60.7 Å². The second-order valence-corrected chi connectivity index (χ2v) is 8.62. The number of phosphoric ester groups is 1. The van der Waals surface area contributed by atoms with E-state index in [1.54, 1.807) is 60.7 Å². The zero-order chi connectivity index (χ0) is 18.7. The summed E-state index contributed by atoms with van der Waals surface area (Å²) in [5.74, 6) is -0.352. The van der Waals surface area contributed by atoms with Crippen LogP contribution in [0.2, 0.25) is 0 Å². The molecule has 10 heteroatoms. The monoisotopic (exact) mass is 410 g/mol. The zero-order valence-electron chi connectivity index (χ0n) is 14.1. The van der Waals surface area contributed by atoms with Crippen LogP contribution >= 0.6 is 16.4 Å². The molecule has 0 aliphatic carbocycles. The first-order chi connectivity index (χ1) is 13.1. The van der Waals surface area contributed by atoms with Crippen molar-refractivity contribution in [3.05, 3.63) is 60.7 Å². The summed E-state index contributed by atoms with van der Waals surface area (Å²) in [7, 11) is -5.75. The van der Waals surface area contributed by atoms with E-state index < -0.39 is 27.8 Å². The first-order valence-electron chi connectivity index (χ1n) is 8.09. The van der Waals surface area contributed by atoms with Gasteiger partial charge in [-0.05, 0) is 24.3 Å². The summed E-state index contributed by atoms with van der Waals surface area (Å²) in [6, 6.07) is 16.7. The summed E-state index contributed by atoms with van der Waals surface area (Å²) in [5, 5.41) is 0. The van der Waals surface area contributed by atoms with Gasteiger partial charge in [0, 0.05) is 0 Å². The fourth-order valence-corrected chi connectivity index (χ4v) is 4.97. The van der Waals surface area contributed by atoms with Gasteiger partial charge >= 0.3 is 22.4 Å². The van der Waals surface area contributed by atoms with E-state index in [0.29, 0.717) is 0 Å². The van der Waals surface area contributed by atoms with Crippen molar-refractivity contribution in [1.82, 2.24) is 0 Å². The number of hydrogen-bond acceptors (Lipinski definition) is 8. The number of phosphoric acid groups is 1. The molecule has 3 aliphatic heterocycles. The van der Waals surface area contributed by atoms with E-state index in [4.69, 9.17) is 27.1 Å². The van der Waals surface area contributed by atoms with Crippen LogP contribution in [0.4, 0.5) is 0 Å². The highest BCUT2D eigenvalue weighted by Gasteiger charge is 2.54. The third-order valence-corrected chi connectivity index (χ3v) is 6.17. The lowest BCUT2D eigenvalue weighted by molar-refractivity contribution is -0.164. The summed E-state index contributed by atoms with van der Waals surface area (Å²) in [4.78, 5) is 12.8. The van der Waals surface area contributed by atoms with Gasteiger partial charge in [0.05, 0.1) is 19.8 Å². The third-order valence-electron chi connectivity index (χ3n) is 3.89. The topological polar surface area (TPSA) is 89.5 Å². The maximum absolute atomic E-state index is 13.3. The largest absolute Gasteiger partial charge is 0.649 e. The Labute approximate surface area is 156 Å². The van der Waals surface area contributed by atoms with E-state index in [0.717, 1.165) is 0 Å². The van der Waals surface area contributed by atoms with Crippen molar-refractivity contribution in [2.45, 2.75) is 0 Å². The number of benzene rings is 2. The first kappa shape index (κ1) is 18.4. The molecule has 0 unspecified atom stereocenters. The van der Waals surface area contributed by atoms with Crippen LogP contribution < -0.4 is 9.05 Å². The molecular weight excluding hydrogens is 394 g/mol. The Morgan fingerprint density at radius 2 is 1.30 bits per heavy atom. The second-order valence-electron chi connectivity index (χ2n) is 5.96. The number of para-hydroxylation sites is 2. The van der Waals surface area contributed by atoms with E-state index in [2.05, 4.69) is 0 Å². The molecule has 0 atom stereocenters. The van der Waals surface area contributed by atoms with E-state index in [9.17, 15) is 9.36 Å². The van der Waals surface area contributed by atoms with Crippen molar-refractivity contribution >= 4 is 22.4 Å². The zero-order valence-corrected chi connectivity index (χ0v) is 15.8. The van der Waals surface area contributed by atoms with Gasteiger partial charge < -0.3 is 27.1 Å². The van der Waals surface area contributed by atoms with Crippen molar-refractivity contribution in [2.75, 3.05) is 19.8 Å². The van der Waals surface area contributed by atoms with Gasteiger partial charge in [0.15, 0.2) is 0 Å². The molecule has 142 valence electrons. The molecule has 3 aliphatic rings. The van der Waals surface area contributed by atoms with Crippen molar-refractivity contribution in [1.29, 1.82) is 0 Å². The summed E-state index contributed by atoms with van der Waals surface area (Å²) in [6.45, 7) is 0.191. The first-order valence-corrected chi connectivity index (χ1v) is 10.6. The number of carbonyl (C=O) groups excluding carboxylic acids is 1. The standard InChI is InChI=1S/C17H16O8P2/c18-16(17-11-20-26(21-12-17)22-13-17)25-27(19,23-14-7-3-1-4-8-14)24-15-9-5-2-6-10-15/h1-10H,11-13H2. The Morgan fingerprint density at radius 1 is 0.852 bits per heavy atom. The molecule has 2 aromatic carbocycles. The minimum atomic E-state index is -4.34. The smallest absolute Gasteiger partial charge is 0.386 e. The fourth-order valence-electron chi connectivity index (χ4n) is 2.42. The lowest BCUT2D eigenvalue weighted by Crippen LogP contribution is -2.50. The Morgan fingerprint density at radius 3 is 1.74 bits per heavy atom. The summed E-state index contributed by atoms with van der Waals surface area (Å²) in [5.41, 5.74) is -1.20. The Balaban J connectivity index is 1.57. The summed E-state index contributed by atoms with van der Waals surface area (Å²) >= 11 is 0. The van der Waals surface area contributed by atoms with Crippen molar-refractivity contribution in [2.24, 2.45) is 5.41 Å². The fraction of sp³-hybridized carbons (Fsp3) is 0.235. The molecule has 0 N–H and O–H groups in total. The molecule has 2 aromatic rings. The molecule has 3 saturated heterocycles. The van der Waals surface area contributed by atoms with Crippen LogP contribution in [-0.2, 0) is 27.5 Å². The molecule has 2 bridgehead atoms. The van der Waals surface area contributed by atoms with Crippen LogP contribution in [0, 0.1) is 5.41 Å². The van der Waals surface area contributed by atoms with E-state index in [1.807, 2.05) is 0 Å². The predicted molar refractivity (Wildman–Crippen MR) is 95.0 cm³/mol. The van der Waals surface area contributed by atoms with E-state index in [1.165, 1.54) is 0 Å². The average molecular weight is 410 g/mol. The highest BCUT2D eigenvalue weighted by Crippen LogP contribution is 2.56. The summed E-state index contributed by atoms with van der Waals surface area (Å²) in [6.07, 6.45) is 0. The normalized spacial score (nSPS) is 24.2. The van der Waals surface area contributed by atoms with Crippen LogP contribution in [0.1, 0.15) is 0 Å². The predicted octanol–water partition coefficient (Wildman–Crippen LogP) is 4.09. The third kappa shape index (κ3) is 4.15. The van der Waals surface area contributed by atoms with E-state index in [-0.39, 0.29) is 31.3 Å². The molecule has 0 radical (unpaired) electrons. The molecule has 0 saturated carbocycles. The minimum Gasteiger partial charge on any atom is -0.386 e. The van der Waals surface area contributed by atoms with Gasteiger partial charge in [0.25, 0.3) is 0 Å². The van der Waals surface area contributed by atoms with Crippen LogP contribution in [-0.4, -0.2) is 25.8 Å². The SMILES string of the molecule is O=C(OP(=O)(Oc1ccccc1)Oc1ccccc1)C12COP(OC1)OC2. The van der Waals surface area contributed by atoms with Gasteiger partial charge in [-0.2, -0.15) is 4.57 Å². The maximum Gasteiger partial charge on any atom is 0.649 e. The van der Waals surface area contributed by atoms with Gasteiger partial charge in [0.1, 0.15) is 16.9 Å². The lowest BCUT2D eigenvalue weighted by atomic mass is 9.92. The molecule has 5 rings (SSSR count). The second kappa shape index (κ2) is 7.58. The van der Waals surface area contributed by atoms with Crippen LogP contribution in [0.3, 0.4) is 0 Å². The molecule has 0 spiro atoms. The van der Waals surface area contributed by atoms with Gasteiger partial charge in [-0.1, -0.05) is 36.4 Å². The molecule has 8 nitrogen and oxygen atoms in total. The molecule has 27 heavy (non-hydrogen) atoms. The van der Waals surface area contributed by atoms with Gasteiger partial charge in [0.2, 0.25) is 0 Å². The Hall–Kier alpha value is -1.95. The van der Waals surface area contributed by atoms with Crippen LogP contribution in [0.25, 0.3) is 0 Å². The lowest BCUT2D eigenvalue weighted by Gasteiger charge is -2.41. The summed E-state index contributed by atoms with van der Waals surface area (Å²) < 4.78 is 45.3. The molecular formula is C17H16O8P2. The number of fused-ring (bicyclic) bond motifs is 3. The average Bonchev–Trinajstić information content (AvgIpc) is 2.70. The number of rotatable bonds is 6. The maximum atomic E-state index is 13.3. The number of carbonyl (C=O) groups is 1. The molecule has 3 heterocycles. The van der Waals surface area contributed by atoms with Crippen molar-refractivity contribution in [3.63, 3.8) is 0 Å². The number of hydrogen-bond donors (Lipinski definition) is 0. The highest BCUT2D eigenvalue weighted by molar-refractivity contribution is 7.50. The van der Waals surface area contributed by atoms with Crippen molar-refractivity contribution in [3.8, 4) is 11.5 Å². The van der Waals surface area contributed by atoms with Gasteiger partial charge in [-0.3, -0.25) is 4.79 Å². The quantitative estimate of drug-likeness (QED) is 0.658. The van der Waals surface area contributed by atoms with Gasteiger partial charge in [-0.15, -0.1) is 0 Å². The van der Waals surface area contributed by atoms with Crippen molar-refractivity contribution < 1.29 is 36.5 Å². The molecule has 0 amide bonds.